The minimum atomic E-state index is -3.55. The van der Waals surface area contributed by atoms with E-state index in [-0.39, 0.29) is 35.5 Å². The molecular weight excluding hydrogens is 372 g/mol. The summed E-state index contributed by atoms with van der Waals surface area (Å²) in [6, 6.07) is 9.38. The first-order valence-electron chi connectivity index (χ1n) is 8.16. The number of rotatable bonds is 8. The van der Waals surface area contributed by atoms with E-state index in [9.17, 15) is 18.0 Å². The molecule has 1 N–H and O–H groups in total. The van der Waals surface area contributed by atoms with E-state index in [1.165, 1.54) is 34.8 Å². The first-order chi connectivity index (χ1) is 12.2. The molecule has 0 unspecified atom stereocenters. The molecule has 0 bridgehead atoms. The molecule has 0 saturated carbocycles. The maximum absolute atomic E-state index is 12.4. The molecule has 6 nitrogen and oxygen atoms in total. The molecular formula is C18H22N2O4S2. The molecule has 0 fully saturated rings. The Balaban J connectivity index is 1.94. The van der Waals surface area contributed by atoms with Crippen molar-refractivity contribution in [1.82, 2.24) is 4.31 Å². The summed E-state index contributed by atoms with van der Waals surface area (Å²) in [5.74, 6) is -0.349. The van der Waals surface area contributed by atoms with Gasteiger partial charge in [0.2, 0.25) is 15.9 Å². The highest BCUT2D eigenvalue weighted by Gasteiger charge is 2.22. The van der Waals surface area contributed by atoms with Crippen molar-refractivity contribution >= 4 is 38.7 Å². The second kappa shape index (κ2) is 8.57. The summed E-state index contributed by atoms with van der Waals surface area (Å²) in [7, 11) is -2.02. The lowest BCUT2D eigenvalue weighted by Crippen LogP contribution is -2.33. The van der Waals surface area contributed by atoms with Gasteiger partial charge >= 0.3 is 0 Å². The van der Waals surface area contributed by atoms with Gasteiger partial charge in [0.15, 0.2) is 5.78 Å². The molecule has 1 aromatic heterocycles. The van der Waals surface area contributed by atoms with Crippen molar-refractivity contribution in [3.05, 3.63) is 46.7 Å². The molecule has 0 aliphatic heterocycles. The number of carbonyl (C=O) groups is 2. The van der Waals surface area contributed by atoms with Crippen molar-refractivity contribution in [3.63, 3.8) is 0 Å². The van der Waals surface area contributed by atoms with Gasteiger partial charge in [0, 0.05) is 31.6 Å². The van der Waals surface area contributed by atoms with Crippen LogP contribution in [0, 0.1) is 0 Å². The number of nitrogens with one attached hydrogen (secondary N) is 1. The number of ketones is 1. The van der Waals surface area contributed by atoms with Gasteiger partial charge in [0.1, 0.15) is 0 Å². The van der Waals surface area contributed by atoms with E-state index >= 15 is 0 Å². The van der Waals surface area contributed by atoms with E-state index in [2.05, 4.69) is 5.32 Å². The lowest BCUT2D eigenvalue weighted by atomic mass is 10.2. The Labute approximate surface area is 157 Å². The highest BCUT2D eigenvalue weighted by Crippen LogP contribution is 2.19. The predicted octanol–water partition coefficient (Wildman–Crippen LogP) is 3.38. The van der Waals surface area contributed by atoms with E-state index in [4.69, 9.17) is 0 Å². The molecule has 0 spiro atoms. The summed E-state index contributed by atoms with van der Waals surface area (Å²) < 4.78 is 26.1. The van der Waals surface area contributed by atoms with Gasteiger partial charge in [0.05, 0.1) is 9.77 Å². The average Bonchev–Trinajstić information content (AvgIpc) is 3.14. The summed E-state index contributed by atoms with van der Waals surface area (Å²) >= 11 is 1.35. The maximum atomic E-state index is 12.4. The molecule has 26 heavy (non-hydrogen) atoms. The number of benzene rings is 1. The molecule has 0 aliphatic carbocycles. The zero-order valence-electron chi connectivity index (χ0n) is 14.9. The molecule has 1 aromatic carbocycles. The third-order valence-corrected chi connectivity index (χ3v) is 6.88. The van der Waals surface area contributed by atoms with Gasteiger partial charge in [-0.15, -0.1) is 11.3 Å². The molecule has 2 rings (SSSR count). The second-order valence-electron chi connectivity index (χ2n) is 6.09. The van der Waals surface area contributed by atoms with Gasteiger partial charge in [-0.05, 0) is 49.6 Å². The van der Waals surface area contributed by atoms with Gasteiger partial charge in [0.25, 0.3) is 0 Å². The van der Waals surface area contributed by atoms with Gasteiger partial charge in [-0.2, -0.15) is 4.31 Å². The minimum absolute atomic E-state index is 0.0617. The lowest BCUT2D eigenvalue weighted by Gasteiger charge is -2.21. The van der Waals surface area contributed by atoms with Crippen LogP contribution in [0.1, 0.15) is 36.4 Å². The first kappa shape index (κ1) is 20.3. The number of thiophene rings is 1. The van der Waals surface area contributed by atoms with Crippen LogP contribution in [-0.2, 0) is 14.8 Å². The fraction of sp³-hybridized carbons (Fsp3) is 0.333. The maximum Gasteiger partial charge on any atom is 0.243 e. The molecule has 140 valence electrons. The molecule has 0 saturated heterocycles. The van der Waals surface area contributed by atoms with Crippen molar-refractivity contribution in [2.24, 2.45) is 0 Å². The number of anilines is 1. The van der Waals surface area contributed by atoms with E-state index in [1.807, 2.05) is 5.38 Å². The predicted molar refractivity (Wildman–Crippen MR) is 103 cm³/mol. The molecule has 0 radical (unpaired) electrons. The number of nitrogens with zero attached hydrogens (tertiary/aromatic N) is 1. The van der Waals surface area contributed by atoms with Gasteiger partial charge < -0.3 is 5.32 Å². The average molecular weight is 395 g/mol. The standard InChI is InChI=1S/C18H22N2O4S2/c1-13(2)20(3)26(23,24)15-8-6-14(7-9-15)19-18(22)11-10-16(21)17-5-4-12-25-17/h4-9,12-13H,10-11H2,1-3H3,(H,19,22). The Morgan fingerprint density at radius 3 is 2.31 bits per heavy atom. The molecule has 0 atom stereocenters. The Hall–Kier alpha value is -2.03. The fourth-order valence-electron chi connectivity index (χ4n) is 2.17. The highest BCUT2D eigenvalue weighted by atomic mass is 32.2. The largest absolute Gasteiger partial charge is 0.326 e. The number of carbonyl (C=O) groups excluding carboxylic acids is 2. The van der Waals surface area contributed by atoms with Crippen molar-refractivity contribution in [3.8, 4) is 0 Å². The number of amides is 1. The normalized spacial score (nSPS) is 11.7. The smallest absolute Gasteiger partial charge is 0.243 e. The van der Waals surface area contributed by atoms with Crippen LogP contribution in [0.5, 0.6) is 0 Å². The van der Waals surface area contributed by atoms with Gasteiger partial charge in [-0.3, -0.25) is 9.59 Å². The SMILES string of the molecule is CC(C)N(C)S(=O)(=O)c1ccc(NC(=O)CCC(=O)c2cccs2)cc1. The Kier molecular flexibility index (Phi) is 6.69. The molecule has 8 heteroatoms. The van der Waals surface area contributed by atoms with Crippen LogP contribution in [0.4, 0.5) is 5.69 Å². The van der Waals surface area contributed by atoms with Gasteiger partial charge in [-0.25, -0.2) is 8.42 Å². The number of Topliss-reactive ketones (excluding diaryl/α,β-unsaturated/α-hetero) is 1. The zero-order chi connectivity index (χ0) is 19.3. The summed E-state index contributed by atoms with van der Waals surface area (Å²) in [6.45, 7) is 3.59. The van der Waals surface area contributed by atoms with Crippen LogP contribution >= 0.6 is 11.3 Å². The Morgan fingerprint density at radius 2 is 1.77 bits per heavy atom. The third kappa shape index (κ3) is 5.00. The van der Waals surface area contributed by atoms with Gasteiger partial charge in [-0.1, -0.05) is 6.07 Å². The number of hydrogen-bond acceptors (Lipinski definition) is 5. The van der Waals surface area contributed by atoms with Crippen LogP contribution in [0.2, 0.25) is 0 Å². The van der Waals surface area contributed by atoms with Crippen LogP contribution in [0.15, 0.2) is 46.7 Å². The minimum Gasteiger partial charge on any atom is -0.326 e. The zero-order valence-corrected chi connectivity index (χ0v) is 16.6. The monoisotopic (exact) mass is 394 g/mol. The summed E-state index contributed by atoms with van der Waals surface area (Å²) in [6.07, 6.45) is 0.213. The Bertz CT molecular complexity index is 857. The summed E-state index contributed by atoms with van der Waals surface area (Å²) in [5, 5.41) is 4.50. The van der Waals surface area contributed by atoms with E-state index in [1.54, 1.807) is 38.1 Å². The Morgan fingerprint density at radius 1 is 1.12 bits per heavy atom. The van der Waals surface area contributed by atoms with Crippen LogP contribution in [0.25, 0.3) is 0 Å². The van der Waals surface area contributed by atoms with E-state index in [0.717, 1.165) is 0 Å². The molecule has 2 aromatic rings. The van der Waals surface area contributed by atoms with Crippen molar-refractivity contribution in [1.29, 1.82) is 0 Å². The summed E-state index contributed by atoms with van der Waals surface area (Å²) in [5.41, 5.74) is 0.490. The lowest BCUT2D eigenvalue weighted by molar-refractivity contribution is -0.116. The van der Waals surface area contributed by atoms with Crippen molar-refractivity contribution < 1.29 is 18.0 Å². The van der Waals surface area contributed by atoms with Crippen LogP contribution < -0.4 is 5.32 Å². The second-order valence-corrected chi connectivity index (χ2v) is 9.03. The molecule has 0 aliphatic rings. The van der Waals surface area contributed by atoms with Crippen molar-refractivity contribution in [2.75, 3.05) is 12.4 Å². The van der Waals surface area contributed by atoms with Crippen molar-refractivity contribution in [2.45, 2.75) is 37.6 Å². The van der Waals surface area contributed by atoms with E-state index in [0.29, 0.717) is 10.6 Å². The first-order valence-corrected chi connectivity index (χ1v) is 10.5. The van der Waals surface area contributed by atoms with Crippen LogP contribution in [-0.4, -0.2) is 37.5 Å². The topological polar surface area (TPSA) is 83.6 Å². The summed E-state index contributed by atoms with van der Waals surface area (Å²) in [4.78, 5) is 24.7. The van der Waals surface area contributed by atoms with Crippen LogP contribution in [0.3, 0.4) is 0 Å². The highest BCUT2D eigenvalue weighted by molar-refractivity contribution is 7.89. The quantitative estimate of drug-likeness (QED) is 0.696. The number of hydrogen-bond donors (Lipinski definition) is 1. The third-order valence-electron chi connectivity index (χ3n) is 3.92. The fourth-order valence-corrected chi connectivity index (χ4v) is 4.23. The van der Waals surface area contributed by atoms with E-state index < -0.39 is 10.0 Å². The number of sulfonamides is 1. The molecule has 1 amide bonds. The molecule has 1 heterocycles.